The minimum Gasteiger partial charge on any atom is -0.377 e. The maximum atomic E-state index is 5.91. The van der Waals surface area contributed by atoms with E-state index in [-0.39, 0.29) is 0 Å². The van der Waals surface area contributed by atoms with Crippen molar-refractivity contribution in [2.75, 3.05) is 34.3 Å². The van der Waals surface area contributed by atoms with Gasteiger partial charge >= 0.3 is 0 Å². The monoisotopic (exact) mass is 394 g/mol. The second-order valence-corrected chi connectivity index (χ2v) is 11.6. The number of hydrogen-bond donors (Lipinski definition) is 0. The predicted octanol–water partition coefficient (Wildman–Crippen LogP) is 5.33. The molecular formula is C27H40NO+. The minimum absolute atomic E-state index is 0.762. The third-order valence-electron chi connectivity index (χ3n) is 8.56. The summed E-state index contributed by atoms with van der Waals surface area (Å²) in [6.07, 6.45) is 13.4. The van der Waals surface area contributed by atoms with Crippen molar-refractivity contribution in [2.45, 2.75) is 45.1 Å². The van der Waals surface area contributed by atoms with E-state index in [2.05, 4.69) is 57.6 Å². The Morgan fingerprint density at radius 3 is 2.34 bits per heavy atom. The van der Waals surface area contributed by atoms with E-state index in [1.165, 1.54) is 44.2 Å². The second kappa shape index (κ2) is 7.85. The largest absolute Gasteiger partial charge is 0.377 e. The summed E-state index contributed by atoms with van der Waals surface area (Å²) in [5.74, 6) is 6.99. The van der Waals surface area contributed by atoms with Crippen LogP contribution in [0, 0.1) is 41.4 Å². The fourth-order valence-corrected chi connectivity index (χ4v) is 7.44. The molecule has 0 spiro atoms. The second-order valence-electron chi connectivity index (χ2n) is 11.6. The van der Waals surface area contributed by atoms with Crippen LogP contribution in [0.25, 0.3) is 0 Å². The molecule has 1 aromatic carbocycles. The molecule has 0 aromatic heterocycles. The molecule has 158 valence electrons. The molecule has 5 rings (SSSR count). The van der Waals surface area contributed by atoms with Crippen molar-refractivity contribution >= 4 is 0 Å². The highest BCUT2D eigenvalue weighted by molar-refractivity contribution is 5.25. The van der Waals surface area contributed by atoms with Gasteiger partial charge in [-0.15, -0.1) is 0 Å². The number of benzene rings is 1. The van der Waals surface area contributed by atoms with Gasteiger partial charge < -0.3 is 9.22 Å². The van der Waals surface area contributed by atoms with Crippen LogP contribution in [0.15, 0.2) is 36.4 Å². The number of ether oxygens (including phenoxy) is 1. The van der Waals surface area contributed by atoms with Crippen LogP contribution in [0.5, 0.6) is 0 Å². The standard InChI is InChI=1S/C27H40NO/c1-28(2,3)12-4-5-13-29-18-20-8-6-19(7-9-20)14-23-16-24-17-25(23)27-22-11-10-21(15-22)26(24)27/h6-11,21-27H,4-5,12-18H2,1-3H3/q+1. The van der Waals surface area contributed by atoms with Gasteiger partial charge in [-0.05, 0) is 91.1 Å². The highest BCUT2D eigenvalue weighted by Crippen LogP contribution is 2.67. The molecular weight excluding hydrogens is 354 g/mol. The van der Waals surface area contributed by atoms with Crippen molar-refractivity contribution in [3.8, 4) is 0 Å². The van der Waals surface area contributed by atoms with E-state index >= 15 is 0 Å². The third kappa shape index (κ3) is 4.08. The first kappa shape index (κ1) is 19.8. The van der Waals surface area contributed by atoms with E-state index in [1.807, 2.05) is 0 Å². The number of nitrogens with zero attached hydrogens (tertiary/aromatic N) is 1. The molecule has 0 N–H and O–H groups in total. The lowest BCUT2D eigenvalue weighted by Crippen LogP contribution is -2.35. The van der Waals surface area contributed by atoms with Crippen LogP contribution in [0.4, 0.5) is 0 Å². The normalized spacial score (nSPS) is 36.9. The Morgan fingerprint density at radius 2 is 1.59 bits per heavy atom. The number of quaternary nitrogens is 1. The number of hydrogen-bond acceptors (Lipinski definition) is 1. The summed E-state index contributed by atoms with van der Waals surface area (Å²) in [6, 6.07) is 9.36. The molecule has 0 amide bonds. The van der Waals surface area contributed by atoms with Crippen molar-refractivity contribution in [1.29, 1.82) is 0 Å². The van der Waals surface area contributed by atoms with Crippen LogP contribution in [0.2, 0.25) is 0 Å². The van der Waals surface area contributed by atoms with E-state index < -0.39 is 0 Å². The first-order chi connectivity index (χ1) is 14.0. The Morgan fingerprint density at radius 1 is 0.862 bits per heavy atom. The highest BCUT2D eigenvalue weighted by Gasteiger charge is 2.60. The van der Waals surface area contributed by atoms with Crippen LogP contribution < -0.4 is 0 Å². The fraction of sp³-hybridized carbons (Fsp3) is 0.704. The van der Waals surface area contributed by atoms with Crippen molar-refractivity contribution in [1.82, 2.24) is 0 Å². The Balaban J connectivity index is 1.07. The molecule has 3 fully saturated rings. The Labute approximate surface area is 177 Å². The molecule has 3 saturated carbocycles. The Bertz CT molecular complexity index is 730. The molecule has 0 radical (unpaired) electrons. The van der Waals surface area contributed by atoms with Crippen LogP contribution in [-0.2, 0) is 17.8 Å². The number of rotatable bonds is 9. The van der Waals surface area contributed by atoms with Crippen molar-refractivity contribution in [2.24, 2.45) is 41.4 Å². The van der Waals surface area contributed by atoms with Gasteiger partial charge in [-0.2, -0.15) is 0 Å². The van der Waals surface area contributed by atoms with Crippen molar-refractivity contribution in [3.05, 3.63) is 47.5 Å². The van der Waals surface area contributed by atoms with Crippen LogP contribution in [0.1, 0.15) is 43.2 Å². The summed E-state index contributed by atoms with van der Waals surface area (Å²) >= 11 is 0. The lowest BCUT2D eigenvalue weighted by molar-refractivity contribution is -0.870. The zero-order valence-corrected chi connectivity index (χ0v) is 18.7. The predicted molar refractivity (Wildman–Crippen MR) is 119 cm³/mol. The maximum absolute atomic E-state index is 5.91. The number of unbranched alkanes of at least 4 members (excludes halogenated alkanes) is 1. The van der Waals surface area contributed by atoms with E-state index in [0.29, 0.717) is 0 Å². The Kier molecular flexibility index (Phi) is 5.37. The first-order valence-corrected chi connectivity index (χ1v) is 12.1. The molecule has 4 bridgehead atoms. The summed E-state index contributed by atoms with van der Waals surface area (Å²) in [4.78, 5) is 0. The molecule has 7 atom stereocenters. The van der Waals surface area contributed by atoms with E-state index in [1.54, 1.807) is 5.56 Å². The topological polar surface area (TPSA) is 9.23 Å². The molecule has 2 nitrogen and oxygen atoms in total. The molecule has 2 heteroatoms. The van der Waals surface area contributed by atoms with Gasteiger partial charge in [0.1, 0.15) is 0 Å². The van der Waals surface area contributed by atoms with Crippen LogP contribution in [0.3, 0.4) is 0 Å². The third-order valence-corrected chi connectivity index (χ3v) is 8.56. The summed E-state index contributed by atoms with van der Waals surface area (Å²) in [5.41, 5.74) is 2.87. The van der Waals surface area contributed by atoms with Gasteiger partial charge in [-0.1, -0.05) is 36.4 Å². The molecule has 29 heavy (non-hydrogen) atoms. The molecule has 4 aliphatic rings. The zero-order chi connectivity index (χ0) is 20.0. The van der Waals surface area contributed by atoms with E-state index in [9.17, 15) is 0 Å². The van der Waals surface area contributed by atoms with Gasteiger partial charge in [-0.25, -0.2) is 0 Å². The molecule has 4 aliphatic carbocycles. The van der Waals surface area contributed by atoms with Gasteiger partial charge in [-0.3, -0.25) is 0 Å². The van der Waals surface area contributed by atoms with Crippen LogP contribution >= 0.6 is 0 Å². The fourth-order valence-electron chi connectivity index (χ4n) is 7.44. The molecule has 7 unspecified atom stereocenters. The average molecular weight is 395 g/mol. The quantitative estimate of drug-likeness (QED) is 0.238. The van der Waals surface area contributed by atoms with Gasteiger partial charge in [0.2, 0.25) is 0 Å². The summed E-state index contributed by atoms with van der Waals surface area (Å²) in [7, 11) is 6.77. The van der Waals surface area contributed by atoms with Crippen molar-refractivity contribution in [3.63, 3.8) is 0 Å². The highest BCUT2D eigenvalue weighted by atomic mass is 16.5. The van der Waals surface area contributed by atoms with Gasteiger partial charge in [0.05, 0.1) is 34.3 Å². The van der Waals surface area contributed by atoms with Gasteiger partial charge in [0, 0.05) is 6.61 Å². The van der Waals surface area contributed by atoms with Gasteiger partial charge in [0.15, 0.2) is 0 Å². The number of allylic oxidation sites excluding steroid dienone is 2. The van der Waals surface area contributed by atoms with Crippen molar-refractivity contribution < 1.29 is 9.22 Å². The van der Waals surface area contributed by atoms with Gasteiger partial charge in [0.25, 0.3) is 0 Å². The van der Waals surface area contributed by atoms with E-state index in [4.69, 9.17) is 4.74 Å². The van der Waals surface area contributed by atoms with Crippen LogP contribution in [-0.4, -0.2) is 38.8 Å². The SMILES string of the molecule is C[N+](C)(C)CCCCOCc1ccc(CC2CC3CC2C2C4C=CC(C4)C32)cc1. The molecule has 0 saturated heterocycles. The lowest BCUT2D eigenvalue weighted by atomic mass is 9.68. The maximum Gasteiger partial charge on any atom is 0.0781 e. The van der Waals surface area contributed by atoms with E-state index in [0.717, 1.165) is 65.5 Å². The minimum atomic E-state index is 0.762. The number of fused-ring (bicyclic) bond motifs is 9. The first-order valence-electron chi connectivity index (χ1n) is 12.1. The lowest BCUT2D eigenvalue weighted by Gasteiger charge is -2.36. The molecule has 0 aliphatic heterocycles. The molecule has 1 aromatic rings. The summed E-state index contributed by atoms with van der Waals surface area (Å²) in [5, 5.41) is 0. The Hall–Kier alpha value is -1.12. The molecule has 0 heterocycles. The average Bonchev–Trinajstić information content (AvgIpc) is 3.44. The summed E-state index contributed by atoms with van der Waals surface area (Å²) < 4.78 is 6.96. The summed E-state index contributed by atoms with van der Waals surface area (Å²) in [6.45, 7) is 2.87. The smallest absolute Gasteiger partial charge is 0.0781 e. The zero-order valence-electron chi connectivity index (χ0n) is 18.7.